The third kappa shape index (κ3) is 2.27. The summed E-state index contributed by atoms with van der Waals surface area (Å²) in [5, 5.41) is 3.32. The molecule has 2 aromatic rings. The fourth-order valence-electron chi connectivity index (χ4n) is 2.50. The number of nitrogens with zero attached hydrogens (tertiary/aromatic N) is 3. The number of nitrogens with one attached hydrogen (secondary N) is 2. The van der Waals surface area contributed by atoms with E-state index in [2.05, 4.69) is 20.3 Å². The zero-order chi connectivity index (χ0) is 15.0. The third-order valence-corrected chi connectivity index (χ3v) is 4.25. The lowest BCUT2D eigenvalue weighted by molar-refractivity contribution is 0.725. The first-order valence-electron chi connectivity index (χ1n) is 6.76. The van der Waals surface area contributed by atoms with E-state index in [1.165, 1.54) is 0 Å². The number of H-pyrrole nitrogens is 1. The summed E-state index contributed by atoms with van der Waals surface area (Å²) >= 11 is 1.61. The number of fused-ring (bicyclic) bond motifs is 1. The van der Waals surface area contributed by atoms with Crippen LogP contribution in [0.15, 0.2) is 28.4 Å². The highest BCUT2D eigenvalue weighted by atomic mass is 32.2. The summed E-state index contributed by atoms with van der Waals surface area (Å²) in [6.45, 7) is 4.55. The highest BCUT2D eigenvalue weighted by Crippen LogP contribution is 2.27. The minimum absolute atomic E-state index is 0.0254. The Balaban J connectivity index is 2.26. The molecule has 0 aromatic carbocycles. The maximum absolute atomic E-state index is 12.7. The Hall–Kier alpha value is -2.02. The summed E-state index contributed by atoms with van der Waals surface area (Å²) in [4.78, 5) is 24.3. The Morgan fingerprint density at radius 1 is 1.43 bits per heavy atom. The fourth-order valence-corrected chi connectivity index (χ4v) is 3.00. The summed E-state index contributed by atoms with van der Waals surface area (Å²) in [7, 11) is 0. The van der Waals surface area contributed by atoms with E-state index in [1.54, 1.807) is 28.9 Å². The van der Waals surface area contributed by atoms with Gasteiger partial charge in [-0.15, -0.1) is 11.8 Å². The first-order chi connectivity index (χ1) is 10.2. The number of imidazole rings is 1. The summed E-state index contributed by atoms with van der Waals surface area (Å²) in [5.74, 6) is 0.845. The van der Waals surface area contributed by atoms with Crippen molar-refractivity contribution in [2.24, 2.45) is 4.99 Å². The van der Waals surface area contributed by atoms with Gasteiger partial charge < -0.3 is 10.3 Å². The number of hydrogen-bond acceptors (Lipinski definition) is 5. The Kier molecular flexibility index (Phi) is 3.59. The van der Waals surface area contributed by atoms with Gasteiger partial charge in [0.1, 0.15) is 5.82 Å². The number of pyridine rings is 1. The number of rotatable bonds is 3. The number of thioether (sulfide) groups is 1. The van der Waals surface area contributed by atoms with Crippen molar-refractivity contribution >= 4 is 23.3 Å². The molecule has 0 amide bonds. The topological polar surface area (TPSA) is 75.1 Å². The molecule has 0 radical (unpaired) electrons. The molecule has 0 saturated heterocycles. The summed E-state index contributed by atoms with van der Waals surface area (Å²) in [5.41, 5.74) is 3.17. The minimum Gasteiger partial charge on any atom is -0.344 e. The number of aromatic amines is 1. The van der Waals surface area contributed by atoms with Crippen LogP contribution in [0.5, 0.6) is 0 Å². The molecule has 3 rings (SSSR count). The van der Waals surface area contributed by atoms with E-state index < -0.39 is 0 Å². The fraction of sp³-hybridized carbons (Fsp3) is 0.357. The van der Waals surface area contributed by atoms with E-state index >= 15 is 0 Å². The molecule has 6 nitrogen and oxygen atoms in total. The molecule has 110 valence electrons. The highest BCUT2D eigenvalue weighted by Gasteiger charge is 2.23. The van der Waals surface area contributed by atoms with Crippen LogP contribution in [0.2, 0.25) is 0 Å². The van der Waals surface area contributed by atoms with Crippen LogP contribution >= 0.6 is 11.8 Å². The highest BCUT2D eigenvalue weighted by molar-refractivity contribution is 7.99. The lowest BCUT2D eigenvalue weighted by Gasteiger charge is -2.26. The maximum atomic E-state index is 12.7. The average molecular weight is 303 g/mol. The van der Waals surface area contributed by atoms with Crippen molar-refractivity contribution in [1.29, 1.82) is 0 Å². The SMILES string of the molecule is CCn1c2c(cc(-c3cnc[nH]3)c1=O)C(C)=NC(SC)N2. The van der Waals surface area contributed by atoms with Gasteiger partial charge in [0.05, 0.1) is 23.8 Å². The van der Waals surface area contributed by atoms with Crippen molar-refractivity contribution in [2.75, 3.05) is 11.6 Å². The molecule has 0 saturated carbocycles. The molecule has 2 N–H and O–H groups in total. The Morgan fingerprint density at radius 3 is 2.86 bits per heavy atom. The van der Waals surface area contributed by atoms with Crippen LogP contribution in [0.25, 0.3) is 11.3 Å². The molecular formula is C14H17N5OS. The van der Waals surface area contributed by atoms with Gasteiger partial charge in [0.2, 0.25) is 0 Å². The molecule has 1 unspecified atom stereocenters. The summed E-state index contributed by atoms with van der Waals surface area (Å²) in [6, 6.07) is 1.89. The Bertz CT molecular complexity index is 747. The lowest BCUT2D eigenvalue weighted by Crippen LogP contribution is -2.32. The third-order valence-electron chi connectivity index (χ3n) is 3.58. The molecule has 1 aliphatic heterocycles. The molecule has 0 bridgehead atoms. The molecule has 7 heteroatoms. The van der Waals surface area contributed by atoms with E-state index in [0.29, 0.717) is 12.1 Å². The van der Waals surface area contributed by atoms with Gasteiger partial charge in [0.25, 0.3) is 5.56 Å². The van der Waals surface area contributed by atoms with Gasteiger partial charge in [0, 0.05) is 17.8 Å². The molecule has 1 aliphatic rings. The Morgan fingerprint density at radius 2 is 2.24 bits per heavy atom. The molecule has 21 heavy (non-hydrogen) atoms. The van der Waals surface area contributed by atoms with Crippen molar-refractivity contribution in [3.63, 3.8) is 0 Å². The van der Waals surface area contributed by atoms with E-state index in [1.807, 2.05) is 26.2 Å². The second kappa shape index (κ2) is 5.40. The summed E-state index contributed by atoms with van der Waals surface area (Å²) < 4.78 is 1.76. The summed E-state index contributed by atoms with van der Waals surface area (Å²) in [6.07, 6.45) is 5.23. The Labute approximate surface area is 126 Å². The second-order valence-corrected chi connectivity index (χ2v) is 5.70. The van der Waals surface area contributed by atoms with Crippen LogP contribution in [0.3, 0.4) is 0 Å². The predicted octanol–water partition coefficient (Wildman–Crippen LogP) is 2.14. The second-order valence-electron chi connectivity index (χ2n) is 4.78. The number of aliphatic imine (C=N–C) groups is 1. The zero-order valence-corrected chi connectivity index (χ0v) is 13.0. The van der Waals surface area contributed by atoms with Crippen LogP contribution in [0, 0.1) is 0 Å². The van der Waals surface area contributed by atoms with Crippen LogP contribution in [-0.2, 0) is 6.54 Å². The van der Waals surface area contributed by atoms with Crippen LogP contribution in [0.1, 0.15) is 19.4 Å². The average Bonchev–Trinajstić information content (AvgIpc) is 3.00. The zero-order valence-electron chi connectivity index (χ0n) is 12.2. The lowest BCUT2D eigenvalue weighted by atomic mass is 10.1. The van der Waals surface area contributed by atoms with Gasteiger partial charge in [-0.05, 0) is 26.2 Å². The van der Waals surface area contributed by atoms with Gasteiger partial charge in [-0.25, -0.2) is 4.98 Å². The van der Waals surface area contributed by atoms with Crippen molar-refractivity contribution in [1.82, 2.24) is 14.5 Å². The molecule has 0 fully saturated rings. The van der Waals surface area contributed by atoms with Gasteiger partial charge in [-0.3, -0.25) is 14.4 Å². The van der Waals surface area contributed by atoms with E-state index in [0.717, 1.165) is 22.8 Å². The van der Waals surface area contributed by atoms with Crippen molar-refractivity contribution in [2.45, 2.75) is 25.9 Å². The molecule has 3 heterocycles. The number of hydrogen-bond donors (Lipinski definition) is 2. The van der Waals surface area contributed by atoms with Crippen molar-refractivity contribution in [3.05, 3.63) is 34.5 Å². The first kappa shape index (κ1) is 13.9. The largest absolute Gasteiger partial charge is 0.344 e. The molecular weight excluding hydrogens is 286 g/mol. The van der Waals surface area contributed by atoms with E-state index in [4.69, 9.17) is 0 Å². The van der Waals surface area contributed by atoms with Gasteiger partial charge in [0.15, 0.2) is 5.50 Å². The maximum Gasteiger partial charge on any atom is 0.261 e. The monoisotopic (exact) mass is 303 g/mol. The normalized spacial score (nSPS) is 17.1. The van der Waals surface area contributed by atoms with Crippen molar-refractivity contribution in [3.8, 4) is 11.3 Å². The smallest absolute Gasteiger partial charge is 0.261 e. The van der Waals surface area contributed by atoms with Gasteiger partial charge >= 0.3 is 0 Å². The number of anilines is 1. The van der Waals surface area contributed by atoms with Crippen LogP contribution in [0.4, 0.5) is 5.82 Å². The van der Waals surface area contributed by atoms with Gasteiger partial charge in [-0.2, -0.15) is 0 Å². The molecule has 1 atom stereocenters. The quantitative estimate of drug-likeness (QED) is 0.911. The standard InChI is InChI=1S/C14H17N5OS/c1-4-19-12-9(8(2)17-14(18-12)21-3)5-10(13(19)20)11-6-15-7-16-11/h5-7,14,18H,4H2,1-3H3,(H,15,16). The number of aromatic nitrogens is 3. The van der Waals surface area contributed by atoms with E-state index in [9.17, 15) is 4.79 Å². The molecule has 2 aromatic heterocycles. The molecule has 0 aliphatic carbocycles. The minimum atomic E-state index is -0.0484. The van der Waals surface area contributed by atoms with Gasteiger partial charge in [-0.1, -0.05) is 0 Å². The van der Waals surface area contributed by atoms with Crippen molar-refractivity contribution < 1.29 is 0 Å². The predicted molar refractivity (Wildman–Crippen MR) is 87.1 cm³/mol. The van der Waals surface area contributed by atoms with E-state index in [-0.39, 0.29) is 11.1 Å². The first-order valence-corrected chi connectivity index (χ1v) is 8.05. The molecule has 0 spiro atoms. The van der Waals surface area contributed by atoms with Crippen LogP contribution < -0.4 is 10.9 Å². The van der Waals surface area contributed by atoms with Crippen LogP contribution in [-0.4, -0.2) is 32.0 Å².